The normalized spacial score (nSPS) is 14.4. The van der Waals surface area contributed by atoms with Gasteiger partial charge in [0.1, 0.15) is 0 Å². The number of methoxy groups -OCH3 is 1. The lowest BCUT2D eigenvalue weighted by Crippen LogP contribution is -2.38. The van der Waals surface area contributed by atoms with Crippen LogP contribution in [0, 0.1) is 0 Å². The van der Waals surface area contributed by atoms with Crippen LogP contribution in [0.4, 0.5) is 0 Å². The number of rotatable bonds is 8. The molecule has 0 unspecified atom stereocenters. The molecule has 0 aliphatic carbocycles. The second-order valence-corrected chi connectivity index (χ2v) is 5.85. The smallest absolute Gasteiger partial charge is 0.222 e. The summed E-state index contributed by atoms with van der Waals surface area (Å²) in [6.07, 6.45) is 1.66. The number of nitrogens with one attached hydrogen (secondary N) is 2. The Hall–Kier alpha value is -1.35. The van der Waals surface area contributed by atoms with E-state index in [4.69, 9.17) is 4.74 Å². The van der Waals surface area contributed by atoms with Gasteiger partial charge in [-0.2, -0.15) is 0 Å². The molecule has 0 saturated carbocycles. The molecule has 7 heteroatoms. The molecule has 0 spiro atoms. The van der Waals surface area contributed by atoms with Crippen LogP contribution in [-0.4, -0.2) is 50.1 Å². The highest BCUT2D eigenvalue weighted by Crippen LogP contribution is 2.15. The van der Waals surface area contributed by atoms with Crippen LogP contribution in [0.2, 0.25) is 0 Å². The molecule has 1 heterocycles. The third kappa shape index (κ3) is 7.60. The van der Waals surface area contributed by atoms with Crippen molar-refractivity contribution in [3.05, 3.63) is 35.4 Å². The molecule has 1 aliphatic rings. The zero-order chi connectivity index (χ0) is 17.2. The fourth-order valence-corrected chi connectivity index (χ4v) is 2.70. The van der Waals surface area contributed by atoms with Crippen LogP contribution in [0.5, 0.6) is 0 Å². The van der Waals surface area contributed by atoms with E-state index in [1.54, 1.807) is 7.11 Å². The molecular formula is C18H29IN4O2. The van der Waals surface area contributed by atoms with E-state index in [-0.39, 0.29) is 29.9 Å². The predicted octanol–water partition coefficient (Wildman–Crippen LogP) is 2.13. The number of hydrogen-bond donors (Lipinski definition) is 2. The van der Waals surface area contributed by atoms with E-state index in [9.17, 15) is 4.79 Å². The first kappa shape index (κ1) is 21.7. The average molecular weight is 460 g/mol. The van der Waals surface area contributed by atoms with Gasteiger partial charge in [0.05, 0.1) is 13.2 Å². The molecular weight excluding hydrogens is 431 g/mol. The number of halogens is 1. The molecule has 0 aromatic heterocycles. The molecule has 0 radical (unpaired) electrons. The van der Waals surface area contributed by atoms with Crippen LogP contribution in [-0.2, 0) is 22.6 Å². The lowest BCUT2D eigenvalue weighted by atomic mass is 10.1. The Kier molecular flexibility index (Phi) is 10.5. The van der Waals surface area contributed by atoms with E-state index >= 15 is 0 Å². The van der Waals surface area contributed by atoms with Crippen LogP contribution in [0.3, 0.4) is 0 Å². The van der Waals surface area contributed by atoms with Crippen molar-refractivity contribution in [2.24, 2.45) is 4.99 Å². The number of guanidine groups is 1. The molecule has 1 saturated heterocycles. The number of benzene rings is 1. The number of aliphatic imine (C=N–C) groups is 1. The van der Waals surface area contributed by atoms with Crippen molar-refractivity contribution in [1.82, 2.24) is 15.5 Å². The molecule has 2 N–H and O–H groups in total. The van der Waals surface area contributed by atoms with Crippen molar-refractivity contribution >= 4 is 35.8 Å². The molecule has 1 aliphatic heterocycles. The Morgan fingerprint density at radius 3 is 2.80 bits per heavy atom. The zero-order valence-corrected chi connectivity index (χ0v) is 17.4. The lowest BCUT2D eigenvalue weighted by molar-refractivity contribution is -0.128. The van der Waals surface area contributed by atoms with Gasteiger partial charge in [-0.1, -0.05) is 24.3 Å². The van der Waals surface area contributed by atoms with Gasteiger partial charge in [-0.15, -0.1) is 24.0 Å². The van der Waals surface area contributed by atoms with E-state index in [0.717, 1.165) is 43.1 Å². The number of ether oxygens (including phenoxy) is 1. The minimum absolute atomic E-state index is 0. The molecule has 1 aromatic rings. The first-order chi connectivity index (χ1) is 11.7. The molecule has 6 nitrogen and oxygen atoms in total. The quantitative estimate of drug-likeness (QED) is 0.270. The van der Waals surface area contributed by atoms with Gasteiger partial charge in [-0.25, -0.2) is 4.99 Å². The van der Waals surface area contributed by atoms with Crippen LogP contribution >= 0.6 is 24.0 Å². The summed E-state index contributed by atoms with van der Waals surface area (Å²) in [5.74, 6) is 1.05. The van der Waals surface area contributed by atoms with Gasteiger partial charge in [0.15, 0.2) is 5.96 Å². The second-order valence-electron chi connectivity index (χ2n) is 5.85. The van der Waals surface area contributed by atoms with Crippen LogP contribution in [0.25, 0.3) is 0 Å². The molecule has 1 amide bonds. The zero-order valence-electron chi connectivity index (χ0n) is 15.1. The summed E-state index contributed by atoms with van der Waals surface area (Å²) in [6, 6.07) is 8.30. The molecule has 1 aromatic carbocycles. The Bertz CT molecular complexity index is 566. The van der Waals surface area contributed by atoms with Crippen molar-refractivity contribution < 1.29 is 9.53 Å². The second kappa shape index (κ2) is 12.1. The Morgan fingerprint density at radius 2 is 2.12 bits per heavy atom. The summed E-state index contributed by atoms with van der Waals surface area (Å²) < 4.78 is 5.04. The van der Waals surface area contributed by atoms with Gasteiger partial charge < -0.3 is 20.3 Å². The van der Waals surface area contributed by atoms with Crippen molar-refractivity contribution in [1.29, 1.82) is 0 Å². The van der Waals surface area contributed by atoms with Crippen molar-refractivity contribution in [2.45, 2.75) is 32.9 Å². The first-order valence-electron chi connectivity index (χ1n) is 8.59. The molecule has 140 valence electrons. The molecule has 0 bridgehead atoms. The molecule has 2 rings (SSSR count). The Morgan fingerprint density at radius 1 is 1.32 bits per heavy atom. The van der Waals surface area contributed by atoms with Gasteiger partial charge in [0, 0.05) is 39.7 Å². The summed E-state index contributed by atoms with van der Waals surface area (Å²) in [7, 11) is 1.68. The maximum absolute atomic E-state index is 11.8. The van der Waals surface area contributed by atoms with Gasteiger partial charge in [0.25, 0.3) is 0 Å². The Labute approximate surface area is 167 Å². The maximum Gasteiger partial charge on any atom is 0.222 e. The summed E-state index contributed by atoms with van der Waals surface area (Å²) in [6.45, 7) is 6.39. The minimum atomic E-state index is 0. The summed E-state index contributed by atoms with van der Waals surface area (Å²) in [5.41, 5.74) is 2.30. The number of carbonyl (C=O) groups is 1. The highest BCUT2D eigenvalue weighted by atomic mass is 127. The SMILES string of the molecule is CCNC(=NCc1cccc(CN2CCCC2=O)c1)NCCOC.I. The number of hydrogen-bond acceptors (Lipinski definition) is 3. The fraction of sp³-hybridized carbons (Fsp3) is 0.556. The third-order valence-electron chi connectivity index (χ3n) is 3.90. The first-order valence-corrected chi connectivity index (χ1v) is 8.59. The van der Waals surface area contributed by atoms with E-state index < -0.39 is 0 Å². The van der Waals surface area contributed by atoms with Crippen LogP contribution in [0.15, 0.2) is 29.3 Å². The predicted molar refractivity (Wildman–Crippen MR) is 111 cm³/mol. The monoisotopic (exact) mass is 460 g/mol. The van der Waals surface area contributed by atoms with Crippen molar-refractivity contribution in [3.63, 3.8) is 0 Å². The highest BCUT2D eigenvalue weighted by Gasteiger charge is 2.19. The van der Waals surface area contributed by atoms with Gasteiger partial charge in [0.2, 0.25) is 5.91 Å². The van der Waals surface area contributed by atoms with E-state index in [1.807, 2.05) is 17.9 Å². The number of amides is 1. The van der Waals surface area contributed by atoms with Gasteiger partial charge in [-0.3, -0.25) is 4.79 Å². The topological polar surface area (TPSA) is 66.0 Å². The van der Waals surface area contributed by atoms with Crippen LogP contribution in [0.1, 0.15) is 30.9 Å². The highest BCUT2D eigenvalue weighted by molar-refractivity contribution is 14.0. The van der Waals surface area contributed by atoms with E-state index in [2.05, 4.69) is 33.8 Å². The Balaban J connectivity index is 0.00000312. The average Bonchev–Trinajstić information content (AvgIpc) is 2.98. The largest absolute Gasteiger partial charge is 0.383 e. The maximum atomic E-state index is 11.8. The minimum Gasteiger partial charge on any atom is -0.383 e. The lowest BCUT2D eigenvalue weighted by Gasteiger charge is -2.16. The van der Waals surface area contributed by atoms with Crippen LogP contribution < -0.4 is 10.6 Å². The fourth-order valence-electron chi connectivity index (χ4n) is 2.70. The van der Waals surface area contributed by atoms with Crippen molar-refractivity contribution in [3.8, 4) is 0 Å². The summed E-state index contributed by atoms with van der Waals surface area (Å²) in [5, 5.41) is 6.45. The summed E-state index contributed by atoms with van der Waals surface area (Å²) >= 11 is 0. The molecule has 0 atom stereocenters. The molecule has 25 heavy (non-hydrogen) atoms. The third-order valence-corrected chi connectivity index (χ3v) is 3.90. The molecule has 1 fully saturated rings. The number of likely N-dealkylation sites (tertiary alicyclic amines) is 1. The van der Waals surface area contributed by atoms with E-state index in [0.29, 0.717) is 26.1 Å². The van der Waals surface area contributed by atoms with Gasteiger partial charge >= 0.3 is 0 Å². The van der Waals surface area contributed by atoms with Crippen molar-refractivity contribution in [2.75, 3.05) is 33.4 Å². The van der Waals surface area contributed by atoms with E-state index in [1.165, 1.54) is 0 Å². The standard InChI is InChI=1S/C18H28N4O2.HI/c1-3-19-18(20-9-11-24-2)21-13-15-6-4-7-16(12-15)14-22-10-5-8-17(22)23;/h4,6-7,12H,3,5,8-11,13-14H2,1-2H3,(H2,19,20,21);1H. The number of nitrogens with zero attached hydrogens (tertiary/aromatic N) is 2. The summed E-state index contributed by atoms with van der Waals surface area (Å²) in [4.78, 5) is 18.3. The van der Waals surface area contributed by atoms with Gasteiger partial charge in [-0.05, 0) is 24.5 Å². The number of carbonyl (C=O) groups excluding carboxylic acids is 1.